The molecule has 122 valence electrons. The van der Waals surface area contributed by atoms with Crippen molar-refractivity contribution in [3.05, 3.63) is 102 Å². The SMILES string of the molecule is FC(F)(F)c1ccc(C(Oc2ccccc2)c2ccccc2)cc1. The van der Waals surface area contributed by atoms with Gasteiger partial charge in [0.2, 0.25) is 0 Å². The van der Waals surface area contributed by atoms with Gasteiger partial charge in [0.1, 0.15) is 11.9 Å². The fourth-order valence-electron chi connectivity index (χ4n) is 2.44. The first-order chi connectivity index (χ1) is 11.5. The van der Waals surface area contributed by atoms with Gasteiger partial charge >= 0.3 is 6.18 Å². The van der Waals surface area contributed by atoms with Gasteiger partial charge in [0, 0.05) is 0 Å². The highest BCUT2D eigenvalue weighted by atomic mass is 19.4. The molecule has 0 fully saturated rings. The summed E-state index contributed by atoms with van der Waals surface area (Å²) in [5, 5.41) is 0. The number of ether oxygens (including phenoxy) is 1. The zero-order valence-electron chi connectivity index (χ0n) is 12.7. The van der Waals surface area contributed by atoms with Crippen molar-refractivity contribution in [1.82, 2.24) is 0 Å². The molecule has 0 saturated carbocycles. The first-order valence-electron chi connectivity index (χ1n) is 7.48. The molecule has 0 heterocycles. The fourth-order valence-corrected chi connectivity index (χ4v) is 2.44. The van der Waals surface area contributed by atoms with Crippen molar-refractivity contribution in [2.24, 2.45) is 0 Å². The second-order valence-corrected chi connectivity index (χ2v) is 5.34. The van der Waals surface area contributed by atoms with Crippen LogP contribution in [0.25, 0.3) is 0 Å². The van der Waals surface area contributed by atoms with E-state index in [-0.39, 0.29) is 0 Å². The average molecular weight is 328 g/mol. The van der Waals surface area contributed by atoms with Crippen molar-refractivity contribution in [2.45, 2.75) is 12.3 Å². The normalized spacial score (nSPS) is 12.6. The Hall–Kier alpha value is -2.75. The Labute approximate surface area is 138 Å². The summed E-state index contributed by atoms with van der Waals surface area (Å²) in [7, 11) is 0. The molecule has 0 spiro atoms. The minimum absolute atomic E-state index is 0.476. The molecule has 0 aliphatic heterocycles. The summed E-state index contributed by atoms with van der Waals surface area (Å²) in [6.07, 6.45) is -4.82. The number of benzene rings is 3. The molecule has 4 heteroatoms. The number of hydrogen-bond donors (Lipinski definition) is 0. The van der Waals surface area contributed by atoms with Crippen LogP contribution in [0.3, 0.4) is 0 Å². The number of rotatable bonds is 4. The molecule has 24 heavy (non-hydrogen) atoms. The van der Waals surface area contributed by atoms with Gasteiger partial charge in [0.05, 0.1) is 5.56 Å². The molecule has 1 unspecified atom stereocenters. The highest BCUT2D eigenvalue weighted by Gasteiger charge is 2.30. The van der Waals surface area contributed by atoms with E-state index in [1.807, 2.05) is 60.7 Å². The van der Waals surface area contributed by atoms with Gasteiger partial charge in [0.15, 0.2) is 0 Å². The second kappa shape index (κ2) is 6.79. The summed E-state index contributed by atoms with van der Waals surface area (Å²) >= 11 is 0. The van der Waals surface area contributed by atoms with Crippen LogP contribution in [0.15, 0.2) is 84.9 Å². The Kier molecular flexibility index (Phi) is 4.56. The van der Waals surface area contributed by atoms with Gasteiger partial charge in [-0.1, -0.05) is 60.7 Å². The predicted molar refractivity (Wildman–Crippen MR) is 86.8 cm³/mol. The van der Waals surface area contributed by atoms with E-state index < -0.39 is 17.8 Å². The van der Waals surface area contributed by atoms with Gasteiger partial charge in [-0.05, 0) is 35.4 Å². The van der Waals surface area contributed by atoms with Crippen molar-refractivity contribution in [1.29, 1.82) is 0 Å². The molecular formula is C20H15F3O. The van der Waals surface area contributed by atoms with Crippen molar-refractivity contribution >= 4 is 0 Å². The molecule has 3 aromatic carbocycles. The summed E-state index contributed by atoms with van der Waals surface area (Å²) in [6, 6.07) is 23.7. The van der Waals surface area contributed by atoms with E-state index >= 15 is 0 Å². The third-order valence-electron chi connectivity index (χ3n) is 3.64. The standard InChI is InChI=1S/C20H15F3O/c21-20(22,23)17-13-11-16(12-14-17)19(15-7-3-1-4-8-15)24-18-9-5-2-6-10-18/h1-14,19H. The van der Waals surface area contributed by atoms with Crippen LogP contribution in [0.2, 0.25) is 0 Å². The monoisotopic (exact) mass is 328 g/mol. The van der Waals surface area contributed by atoms with Gasteiger partial charge in [-0.3, -0.25) is 0 Å². The van der Waals surface area contributed by atoms with Crippen molar-refractivity contribution in [3.8, 4) is 5.75 Å². The van der Waals surface area contributed by atoms with Gasteiger partial charge in [-0.25, -0.2) is 0 Å². The number of para-hydroxylation sites is 1. The van der Waals surface area contributed by atoms with E-state index in [1.54, 1.807) is 0 Å². The maximum Gasteiger partial charge on any atom is 0.416 e. The van der Waals surface area contributed by atoms with Crippen LogP contribution >= 0.6 is 0 Å². The first kappa shape index (κ1) is 16.1. The minimum atomic E-state index is -4.35. The molecule has 0 amide bonds. The Morgan fingerprint density at radius 2 is 1.12 bits per heavy atom. The largest absolute Gasteiger partial charge is 0.481 e. The fraction of sp³-hybridized carbons (Fsp3) is 0.100. The lowest BCUT2D eigenvalue weighted by Gasteiger charge is -2.20. The maximum absolute atomic E-state index is 12.8. The Balaban J connectivity index is 1.95. The highest BCUT2D eigenvalue weighted by Crippen LogP contribution is 2.32. The van der Waals surface area contributed by atoms with E-state index in [0.29, 0.717) is 11.3 Å². The van der Waals surface area contributed by atoms with Gasteiger partial charge in [-0.15, -0.1) is 0 Å². The van der Waals surface area contributed by atoms with E-state index in [1.165, 1.54) is 12.1 Å². The Morgan fingerprint density at radius 1 is 0.625 bits per heavy atom. The van der Waals surface area contributed by atoms with Crippen LogP contribution in [-0.2, 0) is 6.18 Å². The van der Waals surface area contributed by atoms with E-state index in [9.17, 15) is 13.2 Å². The van der Waals surface area contributed by atoms with Gasteiger partial charge < -0.3 is 4.74 Å². The molecule has 0 aliphatic carbocycles. The molecular weight excluding hydrogens is 313 g/mol. The quantitative estimate of drug-likeness (QED) is 0.581. The lowest BCUT2D eigenvalue weighted by atomic mass is 10.00. The Morgan fingerprint density at radius 3 is 1.67 bits per heavy atom. The molecule has 0 N–H and O–H groups in total. The Bertz CT molecular complexity index is 765. The average Bonchev–Trinajstić information content (AvgIpc) is 2.61. The predicted octanol–water partition coefficient (Wildman–Crippen LogP) is 5.87. The third kappa shape index (κ3) is 3.77. The molecule has 3 aromatic rings. The molecule has 0 aromatic heterocycles. The maximum atomic E-state index is 12.8. The summed E-state index contributed by atoms with van der Waals surface area (Å²) < 4.78 is 44.3. The van der Waals surface area contributed by atoms with Gasteiger partial charge in [-0.2, -0.15) is 13.2 Å². The second-order valence-electron chi connectivity index (χ2n) is 5.34. The van der Waals surface area contributed by atoms with E-state index in [0.717, 1.165) is 17.7 Å². The van der Waals surface area contributed by atoms with Gasteiger partial charge in [0.25, 0.3) is 0 Å². The molecule has 0 saturated heterocycles. The lowest BCUT2D eigenvalue weighted by molar-refractivity contribution is -0.137. The third-order valence-corrected chi connectivity index (χ3v) is 3.64. The number of alkyl halides is 3. The summed E-state index contributed by atoms with van der Waals surface area (Å²) in [6.45, 7) is 0. The van der Waals surface area contributed by atoms with E-state index in [4.69, 9.17) is 4.74 Å². The summed E-state index contributed by atoms with van der Waals surface area (Å²) in [5.41, 5.74) is 0.872. The van der Waals surface area contributed by atoms with Crippen LogP contribution < -0.4 is 4.74 Å². The molecule has 0 aliphatic rings. The summed E-state index contributed by atoms with van der Waals surface area (Å²) in [5.74, 6) is 0.659. The van der Waals surface area contributed by atoms with Crippen LogP contribution in [0.4, 0.5) is 13.2 Å². The smallest absolute Gasteiger partial charge is 0.416 e. The van der Waals surface area contributed by atoms with Crippen LogP contribution in [-0.4, -0.2) is 0 Å². The van der Waals surface area contributed by atoms with Crippen LogP contribution in [0.1, 0.15) is 22.8 Å². The van der Waals surface area contributed by atoms with Crippen molar-refractivity contribution in [2.75, 3.05) is 0 Å². The molecule has 3 rings (SSSR count). The van der Waals surface area contributed by atoms with E-state index in [2.05, 4.69) is 0 Å². The zero-order valence-corrected chi connectivity index (χ0v) is 12.7. The topological polar surface area (TPSA) is 9.23 Å². The lowest BCUT2D eigenvalue weighted by Crippen LogP contribution is -2.11. The first-order valence-corrected chi connectivity index (χ1v) is 7.48. The molecule has 1 atom stereocenters. The molecule has 1 nitrogen and oxygen atoms in total. The zero-order chi connectivity index (χ0) is 17.0. The number of hydrogen-bond acceptors (Lipinski definition) is 1. The van der Waals surface area contributed by atoms with Crippen molar-refractivity contribution < 1.29 is 17.9 Å². The minimum Gasteiger partial charge on any atom is -0.481 e. The number of halogens is 3. The molecule has 0 radical (unpaired) electrons. The summed E-state index contributed by atoms with van der Waals surface area (Å²) in [4.78, 5) is 0. The van der Waals surface area contributed by atoms with Crippen LogP contribution in [0, 0.1) is 0 Å². The highest BCUT2D eigenvalue weighted by molar-refractivity contribution is 5.35. The van der Waals surface area contributed by atoms with Crippen LogP contribution in [0.5, 0.6) is 5.75 Å². The molecule has 0 bridgehead atoms. The van der Waals surface area contributed by atoms with Crippen molar-refractivity contribution in [3.63, 3.8) is 0 Å².